The lowest BCUT2D eigenvalue weighted by molar-refractivity contribution is -0.383. The molecule has 0 saturated carbocycles. The first-order valence-electron chi connectivity index (χ1n) is 6.02. The smallest absolute Gasteiger partial charge is 0.292 e. The van der Waals surface area contributed by atoms with Gasteiger partial charge in [-0.3, -0.25) is 15.0 Å². The van der Waals surface area contributed by atoms with Gasteiger partial charge in [-0.2, -0.15) is 0 Å². The molecule has 0 atom stereocenters. The molecule has 0 aromatic heterocycles. The zero-order chi connectivity index (χ0) is 13.9. The van der Waals surface area contributed by atoms with Crippen molar-refractivity contribution in [1.82, 2.24) is 4.90 Å². The van der Waals surface area contributed by atoms with Crippen LogP contribution in [0, 0.1) is 10.1 Å². The van der Waals surface area contributed by atoms with Gasteiger partial charge in [0.25, 0.3) is 5.69 Å². The van der Waals surface area contributed by atoms with Crippen LogP contribution >= 0.6 is 0 Å². The van der Waals surface area contributed by atoms with Crippen LogP contribution < -0.4 is 5.73 Å². The maximum Gasteiger partial charge on any atom is 0.292 e. The molecule has 0 saturated heterocycles. The summed E-state index contributed by atoms with van der Waals surface area (Å²) in [6.45, 7) is 7.20. The predicted octanol–water partition coefficient (Wildman–Crippen LogP) is 2.80. The normalized spacial score (nSPS) is 11.8. The molecule has 0 spiro atoms. The monoisotopic (exact) mass is 251 g/mol. The van der Waals surface area contributed by atoms with E-state index in [4.69, 9.17) is 5.73 Å². The Morgan fingerprint density at radius 3 is 2.50 bits per heavy atom. The predicted molar refractivity (Wildman–Crippen MR) is 73.3 cm³/mol. The molecule has 1 rings (SSSR count). The molecule has 0 unspecified atom stereocenters. The van der Waals surface area contributed by atoms with E-state index >= 15 is 0 Å². The molecule has 100 valence electrons. The highest BCUT2D eigenvalue weighted by Gasteiger charge is 2.21. The van der Waals surface area contributed by atoms with Gasteiger partial charge in [0.05, 0.1) is 4.92 Å². The molecule has 0 aliphatic rings. The molecule has 5 nitrogen and oxygen atoms in total. The van der Waals surface area contributed by atoms with Gasteiger partial charge in [-0.1, -0.05) is 13.0 Å². The van der Waals surface area contributed by atoms with Crippen LogP contribution in [0.3, 0.4) is 0 Å². The van der Waals surface area contributed by atoms with Crippen LogP contribution in [0.2, 0.25) is 0 Å². The number of anilines is 1. The van der Waals surface area contributed by atoms with Gasteiger partial charge in [0.15, 0.2) is 0 Å². The lowest BCUT2D eigenvalue weighted by atomic mass is 9.99. The Hall–Kier alpha value is -1.62. The van der Waals surface area contributed by atoms with E-state index in [1.807, 2.05) is 7.05 Å². The molecular formula is C13H21N3O2. The summed E-state index contributed by atoms with van der Waals surface area (Å²) in [7, 11) is 2.04. The quantitative estimate of drug-likeness (QED) is 0.496. The fourth-order valence-corrected chi connectivity index (χ4v) is 1.63. The van der Waals surface area contributed by atoms with Crippen LogP contribution in [0.5, 0.6) is 0 Å². The Morgan fingerprint density at radius 2 is 2.06 bits per heavy atom. The van der Waals surface area contributed by atoms with Crippen LogP contribution in [0.4, 0.5) is 11.4 Å². The maximum atomic E-state index is 10.7. The fraction of sp³-hybridized carbons (Fsp3) is 0.538. The Labute approximate surface area is 108 Å². The number of hydrogen-bond acceptors (Lipinski definition) is 4. The SMILES string of the molecule is CCC(C)(C)N(C)Cc1ccc([N+](=O)[O-])c(N)c1. The van der Waals surface area contributed by atoms with Crippen LogP contribution in [-0.2, 0) is 6.54 Å². The summed E-state index contributed by atoms with van der Waals surface area (Å²) >= 11 is 0. The van der Waals surface area contributed by atoms with Crippen LogP contribution in [-0.4, -0.2) is 22.4 Å². The summed E-state index contributed by atoms with van der Waals surface area (Å²) in [6, 6.07) is 4.91. The number of nitrogens with two attached hydrogens (primary N) is 1. The van der Waals surface area contributed by atoms with Gasteiger partial charge in [0.1, 0.15) is 5.69 Å². The van der Waals surface area contributed by atoms with Crippen molar-refractivity contribution in [3.05, 3.63) is 33.9 Å². The summed E-state index contributed by atoms with van der Waals surface area (Å²) < 4.78 is 0. The minimum absolute atomic E-state index is 0.0313. The Bertz CT molecular complexity index is 444. The molecule has 5 heteroatoms. The molecule has 0 fully saturated rings. The third-order valence-electron chi connectivity index (χ3n) is 3.61. The number of nitro benzene ring substituents is 1. The number of nitrogen functional groups attached to an aromatic ring is 1. The van der Waals surface area contributed by atoms with E-state index in [2.05, 4.69) is 25.7 Å². The van der Waals surface area contributed by atoms with Crippen LogP contribution in [0.25, 0.3) is 0 Å². The van der Waals surface area contributed by atoms with Crippen molar-refractivity contribution in [2.24, 2.45) is 0 Å². The van der Waals surface area contributed by atoms with Gasteiger partial charge < -0.3 is 5.73 Å². The Morgan fingerprint density at radius 1 is 1.44 bits per heavy atom. The second-order valence-electron chi connectivity index (χ2n) is 5.17. The van der Waals surface area contributed by atoms with Gasteiger partial charge in [-0.25, -0.2) is 0 Å². The van der Waals surface area contributed by atoms with Crippen molar-refractivity contribution < 1.29 is 4.92 Å². The van der Waals surface area contributed by atoms with Gasteiger partial charge >= 0.3 is 0 Å². The molecule has 1 aromatic rings. The molecular weight excluding hydrogens is 230 g/mol. The average Bonchev–Trinajstić information content (AvgIpc) is 2.28. The lowest BCUT2D eigenvalue weighted by Gasteiger charge is -2.34. The number of nitrogens with zero attached hydrogens (tertiary/aromatic N) is 2. The molecule has 18 heavy (non-hydrogen) atoms. The number of nitro groups is 1. The first-order chi connectivity index (χ1) is 8.27. The van der Waals surface area contributed by atoms with E-state index in [9.17, 15) is 10.1 Å². The van der Waals surface area contributed by atoms with Gasteiger partial charge in [0.2, 0.25) is 0 Å². The Kier molecular flexibility index (Phi) is 4.29. The lowest BCUT2D eigenvalue weighted by Crippen LogP contribution is -2.39. The zero-order valence-corrected chi connectivity index (χ0v) is 11.4. The van der Waals surface area contributed by atoms with E-state index in [1.54, 1.807) is 12.1 Å². The molecule has 0 bridgehead atoms. The number of rotatable bonds is 5. The van der Waals surface area contributed by atoms with Crippen molar-refractivity contribution in [2.75, 3.05) is 12.8 Å². The largest absolute Gasteiger partial charge is 0.393 e. The molecule has 0 aliphatic heterocycles. The van der Waals surface area contributed by atoms with Crippen LogP contribution in [0.1, 0.15) is 32.8 Å². The first-order valence-corrected chi connectivity index (χ1v) is 6.02. The van der Waals surface area contributed by atoms with E-state index in [0.29, 0.717) is 0 Å². The zero-order valence-electron chi connectivity index (χ0n) is 11.4. The number of benzene rings is 1. The van der Waals surface area contributed by atoms with Crippen molar-refractivity contribution in [3.63, 3.8) is 0 Å². The second-order valence-corrected chi connectivity index (χ2v) is 5.17. The summed E-state index contributed by atoms with van der Waals surface area (Å²) in [5, 5.41) is 10.7. The topological polar surface area (TPSA) is 72.4 Å². The van der Waals surface area contributed by atoms with Crippen molar-refractivity contribution in [2.45, 2.75) is 39.3 Å². The number of hydrogen-bond donors (Lipinski definition) is 1. The van der Waals surface area contributed by atoms with Gasteiger partial charge in [0, 0.05) is 18.2 Å². The summed E-state index contributed by atoms with van der Waals surface area (Å²) in [6.07, 6.45) is 1.03. The summed E-state index contributed by atoms with van der Waals surface area (Å²) in [5.74, 6) is 0. The summed E-state index contributed by atoms with van der Waals surface area (Å²) in [4.78, 5) is 12.4. The molecule has 1 aromatic carbocycles. The average molecular weight is 251 g/mol. The van der Waals surface area contributed by atoms with Gasteiger partial charge in [-0.05, 0) is 38.9 Å². The minimum atomic E-state index is -0.460. The third kappa shape index (κ3) is 3.20. The van der Waals surface area contributed by atoms with E-state index in [-0.39, 0.29) is 16.9 Å². The van der Waals surface area contributed by atoms with Crippen molar-refractivity contribution >= 4 is 11.4 Å². The molecule has 0 aliphatic carbocycles. The third-order valence-corrected chi connectivity index (χ3v) is 3.61. The van der Waals surface area contributed by atoms with Gasteiger partial charge in [-0.15, -0.1) is 0 Å². The molecule has 0 heterocycles. The minimum Gasteiger partial charge on any atom is -0.393 e. The maximum absolute atomic E-state index is 10.7. The summed E-state index contributed by atoms with van der Waals surface area (Å²) in [5.41, 5.74) is 6.95. The first kappa shape index (κ1) is 14.4. The molecule has 0 amide bonds. The Balaban J connectivity index is 2.87. The van der Waals surface area contributed by atoms with Crippen LogP contribution in [0.15, 0.2) is 18.2 Å². The van der Waals surface area contributed by atoms with E-state index in [0.717, 1.165) is 18.5 Å². The van der Waals surface area contributed by atoms with Crippen molar-refractivity contribution in [3.8, 4) is 0 Å². The van der Waals surface area contributed by atoms with Crippen molar-refractivity contribution in [1.29, 1.82) is 0 Å². The highest BCUT2D eigenvalue weighted by atomic mass is 16.6. The highest BCUT2D eigenvalue weighted by molar-refractivity contribution is 5.59. The highest BCUT2D eigenvalue weighted by Crippen LogP contribution is 2.24. The second kappa shape index (κ2) is 5.35. The fourth-order valence-electron chi connectivity index (χ4n) is 1.63. The standard InChI is InChI=1S/C13H21N3O2/c1-5-13(2,3)15(4)9-10-6-7-12(16(17)18)11(14)8-10/h6-8H,5,9,14H2,1-4H3. The van der Waals surface area contributed by atoms with E-state index < -0.39 is 4.92 Å². The van der Waals surface area contributed by atoms with E-state index in [1.165, 1.54) is 6.07 Å². The molecule has 0 radical (unpaired) electrons. The molecule has 2 N–H and O–H groups in total.